The minimum absolute atomic E-state index is 0.335. The van der Waals surface area contributed by atoms with Crippen molar-refractivity contribution in [1.29, 1.82) is 0 Å². The van der Waals surface area contributed by atoms with Gasteiger partial charge in [-0.15, -0.1) is 0 Å². The molecule has 0 fully saturated rings. The van der Waals surface area contributed by atoms with E-state index in [0.29, 0.717) is 6.61 Å². The van der Waals surface area contributed by atoms with E-state index in [1.54, 1.807) is 0 Å². The molecule has 0 amide bonds. The number of hydrogen-bond donors (Lipinski definition) is 1. The first-order valence-electron chi connectivity index (χ1n) is 6.10. The number of unbranched alkanes of at least 4 members (excludes halogenated alkanes) is 7. The van der Waals surface area contributed by atoms with E-state index in [-0.39, 0.29) is 0 Å². The maximum Gasteiger partial charge on any atom is 0.0521 e. The number of aliphatic hydroxyl groups excluding tert-OH is 1. The van der Waals surface area contributed by atoms with Gasteiger partial charge in [-0.05, 0) is 12.2 Å². The molecule has 0 aromatic heterocycles. The molecule has 0 saturated carbocycles. The van der Waals surface area contributed by atoms with Crippen molar-refractivity contribution in [3.63, 3.8) is 0 Å². The summed E-state index contributed by atoms with van der Waals surface area (Å²) in [5, 5.41) is 8.57. The summed E-state index contributed by atoms with van der Waals surface area (Å²) in [6, 6.07) is 0. The van der Waals surface area contributed by atoms with Crippen LogP contribution >= 0.6 is 11.8 Å². The fourth-order valence-electron chi connectivity index (χ4n) is 1.50. The van der Waals surface area contributed by atoms with Gasteiger partial charge in [0.2, 0.25) is 0 Å². The second-order valence-electron chi connectivity index (χ2n) is 3.81. The fraction of sp³-hybridized carbons (Fsp3) is 1.00. The van der Waals surface area contributed by atoms with Gasteiger partial charge >= 0.3 is 0 Å². The van der Waals surface area contributed by atoms with Crippen molar-refractivity contribution in [3.05, 3.63) is 0 Å². The lowest BCUT2D eigenvalue weighted by atomic mass is 10.1. The predicted octanol–water partition coefficient (Wildman–Crippen LogP) is 3.85. The van der Waals surface area contributed by atoms with Gasteiger partial charge in [0.05, 0.1) is 6.61 Å². The van der Waals surface area contributed by atoms with Crippen LogP contribution in [0, 0.1) is 0 Å². The molecule has 0 spiro atoms. The van der Waals surface area contributed by atoms with Crippen molar-refractivity contribution in [2.24, 2.45) is 0 Å². The normalized spacial score (nSPS) is 10.7. The number of rotatable bonds is 11. The van der Waals surface area contributed by atoms with Gasteiger partial charge in [-0.1, -0.05) is 51.9 Å². The minimum atomic E-state index is 0.335. The Labute approximate surface area is 93.7 Å². The molecule has 1 nitrogen and oxygen atoms in total. The Morgan fingerprint density at radius 1 is 0.786 bits per heavy atom. The van der Waals surface area contributed by atoms with Gasteiger partial charge in [-0.25, -0.2) is 0 Å². The smallest absolute Gasteiger partial charge is 0.0521 e. The summed E-state index contributed by atoms with van der Waals surface area (Å²) in [7, 11) is 0. The van der Waals surface area contributed by atoms with Gasteiger partial charge in [-0.3, -0.25) is 0 Å². The molecule has 0 aliphatic rings. The van der Waals surface area contributed by atoms with Crippen LogP contribution in [0.3, 0.4) is 0 Å². The molecule has 0 saturated heterocycles. The molecule has 0 rings (SSSR count). The molecule has 2 heteroatoms. The summed E-state index contributed by atoms with van der Waals surface area (Å²) in [6.07, 6.45) is 11.1. The largest absolute Gasteiger partial charge is 0.396 e. The third kappa shape index (κ3) is 12.3. The van der Waals surface area contributed by atoms with Crippen LogP contribution in [0.5, 0.6) is 0 Å². The highest BCUT2D eigenvalue weighted by Crippen LogP contribution is 2.10. The van der Waals surface area contributed by atoms with Crippen LogP contribution in [-0.4, -0.2) is 23.2 Å². The number of aliphatic hydroxyl groups is 1. The van der Waals surface area contributed by atoms with Crippen LogP contribution in [0.25, 0.3) is 0 Å². The van der Waals surface area contributed by atoms with E-state index in [2.05, 4.69) is 6.92 Å². The van der Waals surface area contributed by atoms with Crippen LogP contribution in [0.4, 0.5) is 0 Å². The zero-order valence-corrected chi connectivity index (χ0v) is 10.5. The molecule has 0 bridgehead atoms. The van der Waals surface area contributed by atoms with Gasteiger partial charge in [-0.2, -0.15) is 11.8 Å². The first kappa shape index (κ1) is 14.3. The lowest BCUT2D eigenvalue weighted by Crippen LogP contribution is -1.88. The predicted molar refractivity (Wildman–Crippen MR) is 67.0 cm³/mol. The van der Waals surface area contributed by atoms with Crippen molar-refractivity contribution in [3.8, 4) is 0 Å². The van der Waals surface area contributed by atoms with E-state index in [0.717, 1.165) is 5.75 Å². The molecule has 0 heterocycles. The van der Waals surface area contributed by atoms with Crippen LogP contribution < -0.4 is 0 Å². The van der Waals surface area contributed by atoms with E-state index in [4.69, 9.17) is 5.11 Å². The van der Waals surface area contributed by atoms with Crippen molar-refractivity contribution < 1.29 is 5.11 Å². The monoisotopic (exact) mass is 218 g/mol. The quantitative estimate of drug-likeness (QED) is 0.532. The second kappa shape index (κ2) is 13.3. The molecule has 0 aromatic rings. The van der Waals surface area contributed by atoms with Crippen molar-refractivity contribution in [2.45, 2.75) is 58.3 Å². The van der Waals surface area contributed by atoms with Gasteiger partial charge < -0.3 is 5.11 Å². The highest BCUT2D eigenvalue weighted by atomic mass is 32.2. The van der Waals surface area contributed by atoms with Crippen LogP contribution in [0.1, 0.15) is 58.3 Å². The highest BCUT2D eigenvalue weighted by molar-refractivity contribution is 7.99. The molecule has 1 N–H and O–H groups in total. The summed E-state index contributed by atoms with van der Waals surface area (Å²) < 4.78 is 0. The average Bonchev–Trinajstić information content (AvgIpc) is 2.21. The van der Waals surface area contributed by atoms with Gasteiger partial charge in [0, 0.05) is 5.75 Å². The summed E-state index contributed by atoms with van der Waals surface area (Å²) >= 11 is 1.88. The SMILES string of the molecule is CCCCCCCCCCSCCO. The standard InChI is InChI=1S/C12H26OS/c1-2-3-4-5-6-7-8-9-11-14-12-10-13/h13H,2-12H2,1H3. The van der Waals surface area contributed by atoms with Gasteiger partial charge in [0.25, 0.3) is 0 Å². The molecule has 0 aromatic carbocycles. The van der Waals surface area contributed by atoms with Gasteiger partial charge in [0.15, 0.2) is 0 Å². The zero-order chi connectivity index (χ0) is 10.5. The molecule has 0 aliphatic carbocycles. The lowest BCUT2D eigenvalue weighted by molar-refractivity contribution is 0.322. The summed E-state index contributed by atoms with van der Waals surface area (Å²) in [5.74, 6) is 2.14. The van der Waals surface area contributed by atoms with E-state index in [1.165, 1.54) is 57.1 Å². The van der Waals surface area contributed by atoms with Crippen molar-refractivity contribution >= 4 is 11.8 Å². The van der Waals surface area contributed by atoms with Crippen LogP contribution in [0.2, 0.25) is 0 Å². The summed E-state index contributed by atoms with van der Waals surface area (Å²) in [5.41, 5.74) is 0. The molecule has 0 atom stereocenters. The van der Waals surface area contributed by atoms with E-state index >= 15 is 0 Å². The Balaban J connectivity index is 2.78. The highest BCUT2D eigenvalue weighted by Gasteiger charge is 1.91. The van der Waals surface area contributed by atoms with E-state index < -0.39 is 0 Å². The van der Waals surface area contributed by atoms with Gasteiger partial charge in [0.1, 0.15) is 0 Å². The maximum atomic E-state index is 8.57. The Morgan fingerprint density at radius 2 is 1.36 bits per heavy atom. The molecule has 0 unspecified atom stereocenters. The zero-order valence-electron chi connectivity index (χ0n) is 9.63. The minimum Gasteiger partial charge on any atom is -0.396 e. The topological polar surface area (TPSA) is 20.2 Å². The Bertz CT molecular complexity index is 84.3. The van der Waals surface area contributed by atoms with E-state index in [9.17, 15) is 0 Å². The fourth-order valence-corrected chi connectivity index (χ4v) is 2.25. The Morgan fingerprint density at radius 3 is 1.93 bits per heavy atom. The number of hydrogen-bond acceptors (Lipinski definition) is 2. The molecule has 0 aliphatic heterocycles. The molecule has 86 valence electrons. The molecular weight excluding hydrogens is 192 g/mol. The second-order valence-corrected chi connectivity index (χ2v) is 5.04. The molecular formula is C12H26OS. The average molecular weight is 218 g/mol. The summed E-state index contributed by atoms with van der Waals surface area (Å²) in [4.78, 5) is 0. The number of thioether (sulfide) groups is 1. The van der Waals surface area contributed by atoms with E-state index in [1.807, 2.05) is 11.8 Å². The third-order valence-electron chi connectivity index (χ3n) is 2.38. The van der Waals surface area contributed by atoms with Crippen LogP contribution in [-0.2, 0) is 0 Å². The summed E-state index contributed by atoms with van der Waals surface area (Å²) in [6.45, 7) is 2.60. The maximum absolute atomic E-state index is 8.57. The lowest BCUT2D eigenvalue weighted by Gasteiger charge is -2.01. The molecule has 14 heavy (non-hydrogen) atoms. The Kier molecular flexibility index (Phi) is 13.6. The first-order valence-corrected chi connectivity index (χ1v) is 7.26. The van der Waals surface area contributed by atoms with Crippen molar-refractivity contribution in [2.75, 3.05) is 18.1 Å². The Hall–Kier alpha value is 0.310. The molecule has 0 radical (unpaired) electrons. The van der Waals surface area contributed by atoms with Crippen molar-refractivity contribution in [1.82, 2.24) is 0 Å². The van der Waals surface area contributed by atoms with Crippen LogP contribution in [0.15, 0.2) is 0 Å². The third-order valence-corrected chi connectivity index (χ3v) is 3.43. The first-order chi connectivity index (χ1) is 6.91.